The molecule has 0 aliphatic heterocycles. The third-order valence-electron chi connectivity index (χ3n) is 5.31. The fraction of sp³-hybridized carbons (Fsp3) is 0.107. The van der Waals surface area contributed by atoms with Crippen molar-refractivity contribution in [2.24, 2.45) is 0 Å². The van der Waals surface area contributed by atoms with E-state index >= 15 is 0 Å². The molecule has 3 rings (SSSR count). The van der Waals surface area contributed by atoms with Crippen LogP contribution in [-0.4, -0.2) is 61.8 Å². The molecule has 1 atom stereocenters. The van der Waals surface area contributed by atoms with E-state index in [1.54, 1.807) is 0 Å². The highest BCUT2D eigenvalue weighted by Crippen LogP contribution is 2.31. The van der Waals surface area contributed by atoms with Crippen LogP contribution in [0.3, 0.4) is 0 Å². The van der Waals surface area contributed by atoms with Crippen LogP contribution in [0.2, 0.25) is 0 Å². The number of aromatic hydroxyl groups is 5. The summed E-state index contributed by atoms with van der Waals surface area (Å²) in [4.78, 5) is 36.2. The van der Waals surface area contributed by atoms with Gasteiger partial charge in [0.05, 0.1) is 7.11 Å². The monoisotopic (exact) mass is 552 g/mol. The lowest BCUT2D eigenvalue weighted by molar-refractivity contribution is -0.162. The zero-order valence-electron chi connectivity index (χ0n) is 20.8. The Bertz CT molecular complexity index is 1490. The van der Waals surface area contributed by atoms with E-state index in [9.17, 15) is 45.0 Å². The van der Waals surface area contributed by atoms with Gasteiger partial charge in [-0.25, -0.2) is 14.4 Å². The number of benzene rings is 3. The van der Waals surface area contributed by atoms with E-state index in [2.05, 4.69) is 4.74 Å². The van der Waals surface area contributed by atoms with Crippen LogP contribution in [0, 0.1) is 0 Å². The van der Waals surface area contributed by atoms with Gasteiger partial charge in [-0.1, -0.05) is 18.2 Å². The van der Waals surface area contributed by atoms with Gasteiger partial charge in [-0.05, 0) is 65.2 Å². The summed E-state index contributed by atoms with van der Waals surface area (Å²) in [5, 5.41) is 57.8. The maximum absolute atomic E-state index is 12.4. The Balaban J connectivity index is 1.76. The fourth-order valence-corrected chi connectivity index (χ4v) is 3.31. The summed E-state index contributed by atoms with van der Waals surface area (Å²) >= 11 is 0. The van der Waals surface area contributed by atoms with Crippen molar-refractivity contribution in [2.45, 2.75) is 12.5 Å². The van der Waals surface area contributed by atoms with Crippen molar-refractivity contribution < 1.29 is 59.2 Å². The summed E-state index contributed by atoms with van der Waals surface area (Å²) in [7, 11) is 1.11. The SMILES string of the molecule is COC(=O)[C@@H](Cc1ccc(O)c(O)c1)OC(=O)/C=C/c1ccc(O)c(O/C(=C\c2ccc(O)c(O)c2)C(=O)O)c1. The summed E-state index contributed by atoms with van der Waals surface area (Å²) in [5.74, 6) is -6.25. The number of hydrogen-bond donors (Lipinski definition) is 6. The molecule has 0 saturated heterocycles. The van der Waals surface area contributed by atoms with Crippen molar-refractivity contribution in [3.05, 3.63) is 83.1 Å². The van der Waals surface area contributed by atoms with E-state index in [-0.39, 0.29) is 29.0 Å². The lowest BCUT2D eigenvalue weighted by atomic mass is 10.1. The summed E-state index contributed by atoms with van der Waals surface area (Å²) in [6, 6.07) is 11.3. The van der Waals surface area contributed by atoms with Gasteiger partial charge in [-0.2, -0.15) is 0 Å². The van der Waals surface area contributed by atoms with Crippen LogP contribution in [0.5, 0.6) is 34.5 Å². The zero-order valence-corrected chi connectivity index (χ0v) is 20.8. The van der Waals surface area contributed by atoms with E-state index < -0.39 is 52.8 Å². The van der Waals surface area contributed by atoms with E-state index in [0.717, 1.165) is 31.4 Å². The average molecular weight is 552 g/mol. The summed E-state index contributed by atoms with van der Waals surface area (Å²) in [6.07, 6.45) is 1.78. The number of ether oxygens (including phenoxy) is 3. The third kappa shape index (κ3) is 7.68. The Morgan fingerprint density at radius 3 is 2.05 bits per heavy atom. The molecule has 0 aliphatic rings. The van der Waals surface area contributed by atoms with Crippen LogP contribution in [0.1, 0.15) is 16.7 Å². The molecule has 0 amide bonds. The first kappa shape index (κ1) is 28.9. The summed E-state index contributed by atoms with van der Waals surface area (Å²) < 4.78 is 15.2. The van der Waals surface area contributed by atoms with Crippen LogP contribution in [0.4, 0.5) is 0 Å². The molecular formula is C28H24O12. The molecule has 6 N–H and O–H groups in total. The highest BCUT2D eigenvalue weighted by atomic mass is 16.6. The quantitative estimate of drug-likeness (QED) is 0.0931. The number of carbonyl (C=O) groups is 3. The van der Waals surface area contributed by atoms with Crippen molar-refractivity contribution in [2.75, 3.05) is 7.11 Å². The van der Waals surface area contributed by atoms with E-state index in [4.69, 9.17) is 9.47 Å². The zero-order chi connectivity index (χ0) is 29.4. The van der Waals surface area contributed by atoms with Crippen molar-refractivity contribution >= 4 is 30.1 Å². The van der Waals surface area contributed by atoms with E-state index in [1.807, 2.05) is 0 Å². The maximum atomic E-state index is 12.4. The molecular weight excluding hydrogens is 528 g/mol. The van der Waals surface area contributed by atoms with Gasteiger partial charge in [-0.3, -0.25) is 0 Å². The predicted octanol–water partition coefficient (Wildman–Crippen LogP) is 3.06. The third-order valence-corrected chi connectivity index (χ3v) is 5.31. The van der Waals surface area contributed by atoms with Crippen LogP contribution < -0.4 is 4.74 Å². The molecule has 0 heterocycles. The Kier molecular flexibility index (Phi) is 9.21. The van der Waals surface area contributed by atoms with Gasteiger partial charge in [-0.15, -0.1) is 0 Å². The van der Waals surface area contributed by atoms with Crippen molar-refractivity contribution in [3.8, 4) is 34.5 Å². The van der Waals surface area contributed by atoms with Gasteiger partial charge in [0, 0.05) is 12.5 Å². The van der Waals surface area contributed by atoms with Crippen LogP contribution in [-0.2, 0) is 30.3 Å². The van der Waals surface area contributed by atoms with E-state index in [0.29, 0.717) is 5.56 Å². The van der Waals surface area contributed by atoms with Gasteiger partial charge >= 0.3 is 17.9 Å². The maximum Gasteiger partial charge on any atom is 0.371 e. The molecule has 0 fully saturated rings. The Morgan fingerprint density at radius 2 is 1.43 bits per heavy atom. The van der Waals surface area contributed by atoms with Gasteiger partial charge in [0.15, 0.2) is 34.5 Å². The smallest absolute Gasteiger partial charge is 0.371 e. The Morgan fingerprint density at radius 1 is 0.800 bits per heavy atom. The van der Waals surface area contributed by atoms with Crippen molar-refractivity contribution in [1.29, 1.82) is 0 Å². The predicted molar refractivity (Wildman–Crippen MR) is 139 cm³/mol. The first-order chi connectivity index (χ1) is 19.0. The minimum Gasteiger partial charge on any atom is -0.504 e. The molecule has 3 aromatic carbocycles. The number of phenolic OH excluding ortho intramolecular Hbond substituents is 5. The topological polar surface area (TPSA) is 200 Å². The van der Waals surface area contributed by atoms with Crippen LogP contribution in [0.25, 0.3) is 12.2 Å². The Hall–Kier alpha value is -5.65. The van der Waals surface area contributed by atoms with Gasteiger partial charge in [0.2, 0.25) is 11.9 Å². The molecule has 0 unspecified atom stereocenters. The summed E-state index contributed by atoms with van der Waals surface area (Å²) in [5.41, 5.74) is 0.858. The van der Waals surface area contributed by atoms with Gasteiger partial charge in [0.25, 0.3) is 0 Å². The number of rotatable bonds is 10. The second-order valence-corrected chi connectivity index (χ2v) is 8.20. The lowest BCUT2D eigenvalue weighted by Gasteiger charge is -2.15. The summed E-state index contributed by atoms with van der Waals surface area (Å²) in [6.45, 7) is 0. The number of aliphatic carboxylic acids is 1. The number of carboxylic acid groups (broad SMARTS) is 1. The number of phenols is 5. The molecule has 0 spiro atoms. The number of esters is 2. The molecule has 12 heteroatoms. The first-order valence-electron chi connectivity index (χ1n) is 11.4. The highest BCUT2D eigenvalue weighted by molar-refractivity contribution is 5.91. The minimum atomic E-state index is -1.49. The number of hydrogen-bond acceptors (Lipinski definition) is 11. The molecule has 12 nitrogen and oxygen atoms in total. The first-order valence-corrected chi connectivity index (χ1v) is 11.4. The number of carboxylic acids is 1. The largest absolute Gasteiger partial charge is 0.504 e. The van der Waals surface area contributed by atoms with Crippen LogP contribution >= 0.6 is 0 Å². The molecule has 3 aromatic rings. The standard InChI is InChI=1S/C28H24O12/c1-38-28(37)25(14-17-4-7-19(30)22(33)11-17)40-26(34)9-5-15-2-8-20(31)23(12-15)39-24(27(35)36)13-16-3-6-18(29)21(32)10-16/h2-13,25,29-33H,14H2,1H3,(H,35,36)/b9-5+,24-13-/t25-/m1/s1. The second-order valence-electron chi connectivity index (χ2n) is 8.20. The highest BCUT2D eigenvalue weighted by Gasteiger charge is 2.24. The van der Waals surface area contributed by atoms with E-state index in [1.165, 1.54) is 48.5 Å². The fourth-order valence-electron chi connectivity index (χ4n) is 3.31. The lowest BCUT2D eigenvalue weighted by Crippen LogP contribution is -2.30. The van der Waals surface area contributed by atoms with Gasteiger partial charge in [0.1, 0.15) is 0 Å². The Labute approximate surface area is 226 Å². The molecule has 0 radical (unpaired) electrons. The number of methoxy groups -OCH3 is 1. The van der Waals surface area contributed by atoms with Crippen LogP contribution in [0.15, 0.2) is 66.4 Å². The molecule has 0 bridgehead atoms. The molecule has 0 saturated carbocycles. The second kappa shape index (κ2) is 12.7. The number of carbonyl (C=O) groups excluding carboxylic acids is 2. The molecule has 208 valence electrons. The normalized spacial score (nSPS) is 12.1. The van der Waals surface area contributed by atoms with Crippen molar-refractivity contribution in [1.82, 2.24) is 0 Å². The molecule has 0 aliphatic carbocycles. The average Bonchev–Trinajstić information content (AvgIpc) is 2.91. The van der Waals surface area contributed by atoms with Gasteiger partial charge < -0.3 is 44.8 Å². The van der Waals surface area contributed by atoms with Crippen molar-refractivity contribution in [3.63, 3.8) is 0 Å². The molecule has 40 heavy (non-hydrogen) atoms. The molecule has 0 aromatic heterocycles. The minimum absolute atomic E-state index is 0.152.